The van der Waals surface area contributed by atoms with Gasteiger partial charge in [0.05, 0.1) is 35.2 Å². The first kappa shape index (κ1) is 26.6. The number of benzene rings is 2. The van der Waals surface area contributed by atoms with Crippen molar-refractivity contribution in [2.24, 2.45) is 0 Å². The van der Waals surface area contributed by atoms with Crippen molar-refractivity contribution < 1.29 is 19.4 Å². The summed E-state index contributed by atoms with van der Waals surface area (Å²) in [5.74, 6) is 0.247. The molecule has 2 aromatic carbocycles. The fraction of sp³-hybridized carbons (Fsp3) is 0.217. The van der Waals surface area contributed by atoms with Crippen LogP contribution in [0.2, 0.25) is 10.0 Å². The van der Waals surface area contributed by atoms with Gasteiger partial charge in [0.1, 0.15) is 11.8 Å². The highest BCUT2D eigenvalue weighted by atomic mass is 35.5. The maximum atomic E-state index is 12.7. The number of carbonyl (C=O) groups excluding carboxylic acids is 2. The van der Waals surface area contributed by atoms with E-state index in [9.17, 15) is 14.7 Å². The second-order valence-corrected chi connectivity index (χ2v) is 8.84. The number of anilines is 1. The normalized spacial score (nSPS) is 11.5. The lowest BCUT2D eigenvalue weighted by Gasteiger charge is -2.17. The molecule has 0 aliphatic rings. The molecule has 3 rings (SSSR count). The largest absolute Gasteiger partial charge is 0.497 e. The van der Waals surface area contributed by atoms with Crippen LogP contribution in [-0.4, -0.2) is 51.2 Å². The number of amides is 2. The van der Waals surface area contributed by atoms with Gasteiger partial charge in [0, 0.05) is 12.1 Å². The van der Waals surface area contributed by atoms with E-state index in [4.69, 9.17) is 27.9 Å². The van der Waals surface area contributed by atoms with Crippen LogP contribution in [0.3, 0.4) is 0 Å². The number of nitrogens with zero attached hydrogens (tertiary/aromatic N) is 3. The lowest BCUT2D eigenvalue weighted by atomic mass is 10.2. The molecule has 0 aliphatic heterocycles. The van der Waals surface area contributed by atoms with Gasteiger partial charge in [-0.25, -0.2) is 0 Å². The molecule has 184 valence electrons. The highest BCUT2D eigenvalue weighted by molar-refractivity contribution is 7.99. The number of carbonyl (C=O) groups is 2. The number of hydrogen-bond acceptors (Lipinski definition) is 7. The lowest BCUT2D eigenvalue weighted by molar-refractivity contribution is -0.113. The van der Waals surface area contributed by atoms with Crippen molar-refractivity contribution in [2.45, 2.75) is 17.7 Å². The molecular formula is C23H23Cl2N5O4S. The molecule has 35 heavy (non-hydrogen) atoms. The van der Waals surface area contributed by atoms with Crippen LogP contribution >= 0.6 is 35.0 Å². The van der Waals surface area contributed by atoms with Crippen molar-refractivity contribution in [3.05, 3.63) is 76.6 Å². The van der Waals surface area contributed by atoms with Crippen molar-refractivity contribution in [3.8, 4) is 5.75 Å². The average molecular weight is 536 g/mol. The van der Waals surface area contributed by atoms with Gasteiger partial charge < -0.3 is 25.0 Å². The molecule has 9 nitrogen and oxygen atoms in total. The Morgan fingerprint density at radius 2 is 1.97 bits per heavy atom. The smallest absolute Gasteiger partial charge is 0.251 e. The van der Waals surface area contributed by atoms with Crippen LogP contribution in [0.15, 0.2) is 60.3 Å². The summed E-state index contributed by atoms with van der Waals surface area (Å²) in [4.78, 5) is 25.1. The van der Waals surface area contributed by atoms with E-state index < -0.39 is 18.6 Å². The molecule has 1 aromatic heterocycles. The second-order valence-electron chi connectivity index (χ2n) is 7.12. The van der Waals surface area contributed by atoms with Crippen molar-refractivity contribution in [3.63, 3.8) is 0 Å². The number of allylic oxidation sites excluding steroid dienone is 1. The molecule has 0 unspecified atom stereocenters. The van der Waals surface area contributed by atoms with Gasteiger partial charge in [0.2, 0.25) is 5.91 Å². The van der Waals surface area contributed by atoms with Gasteiger partial charge in [-0.3, -0.25) is 9.59 Å². The standard InChI is InChI=1S/C23H23Cl2N5O4S/c1-3-11-30-21(18(12-31)27-22(33)14-7-9-15(34-2)10-8-14)28-29-23(30)35-13-19(32)26-17-6-4-5-16(24)20(17)25/h3-10,18,31H,1,11-13H2,2H3,(H,26,32)(H,27,33)/t18-/m1/s1. The van der Waals surface area contributed by atoms with Gasteiger partial charge in [-0.15, -0.1) is 16.8 Å². The van der Waals surface area contributed by atoms with Crippen molar-refractivity contribution in [2.75, 3.05) is 24.8 Å². The van der Waals surface area contributed by atoms with E-state index in [0.717, 1.165) is 11.8 Å². The molecule has 0 aliphatic carbocycles. The number of hydrogen-bond donors (Lipinski definition) is 3. The zero-order chi connectivity index (χ0) is 25.4. The SMILES string of the molecule is C=CCn1c(SCC(=O)Nc2cccc(Cl)c2Cl)nnc1[C@@H](CO)NC(=O)c1ccc(OC)cc1. The van der Waals surface area contributed by atoms with Crippen LogP contribution < -0.4 is 15.4 Å². The summed E-state index contributed by atoms with van der Waals surface area (Å²) in [5.41, 5.74) is 0.796. The van der Waals surface area contributed by atoms with Crippen molar-refractivity contribution >= 4 is 52.5 Å². The van der Waals surface area contributed by atoms with E-state index in [1.807, 2.05) is 0 Å². The van der Waals surface area contributed by atoms with E-state index in [2.05, 4.69) is 27.4 Å². The quantitative estimate of drug-likeness (QED) is 0.251. The maximum absolute atomic E-state index is 12.7. The van der Waals surface area contributed by atoms with Crippen LogP contribution in [0, 0.1) is 0 Å². The Balaban J connectivity index is 1.71. The van der Waals surface area contributed by atoms with E-state index in [1.165, 1.54) is 7.11 Å². The van der Waals surface area contributed by atoms with Gasteiger partial charge >= 0.3 is 0 Å². The molecule has 2 amide bonds. The summed E-state index contributed by atoms with van der Waals surface area (Å²) in [7, 11) is 1.54. The number of thioether (sulfide) groups is 1. The molecular weight excluding hydrogens is 513 g/mol. The number of aliphatic hydroxyl groups excluding tert-OH is 1. The fourth-order valence-corrected chi connectivity index (χ4v) is 4.16. The number of aliphatic hydroxyl groups is 1. The molecule has 0 spiro atoms. The number of aromatic nitrogens is 3. The number of ether oxygens (including phenoxy) is 1. The minimum Gasteiger partial charge on any atom is -0.497 e. The Morgan fingerprint density at radius 1 is 1.23 bits per heavy atom. The van der Waals surface area contributed by atoms with Gasteiger partial charge in [-0.1, -0.05) is 47.1 Å². The summed E-state index contributed by atoms with van der Waals surface area (Å²) in [6.07, 6.45) is 1.63. The molecule has 12 heteroatoms. The third-order valence-electron chi connectivity index (χ3n) is 4.77. The highest BCUT2D eigenvalue weighted by Crippen LogP contribution is 2.30. The Hall–Kier alpha value is -3.05. The molecule has 0 radical (unpaired) electrons. The monoisotopic (exact) mass is 535 g/mol. The minimum absolute atomic E-state index is 0.0140. The summed E-state index contributed by atoms with van der Waals surface area (Å²) < 4.78 is 6.78. The molecule has 0 saturated carbocycles. The van der Waals surface area contributed by atoms with Crippen LogP contribution in [0.4, 0.5) is 5.69 Å². The number of halogens is 2. The third-order valence-corrected chi connectivity index (χ3v) is 6.55. The van der Waals surface area contributed by atoms with Crippen molar-refractivity contribution in [1.29, 1.82) is 0 Å². The van der Waals surface area contributed by atoms with Crippen LogP contribution in [0.1, 0.15) is 22.2 Å². The van der Waals surface area contributed by atoms with E-state index in [1.54, 1.807) is 53.1 Å². The average Bonchev–Trinajstić information content (AvgIpc) is 3.26. The second kappa shape index (κ2) is 12.6. The van der Waals surface area contributed by atoms with Crippen molar-refractivity contribution in [1.82, 2.24) is 20.1 Å². The highest BCUT2D eigenvalue weighted by Gasteiger charge is 2.23. The number of nitrogens with one attached hydrogen (secondary N) is 2. The topological polar surface area (TPSA) is 118 Å². The van der Waals surface area contributed by atoms with Crippen LogP contribution in [-0.2, 0) is 11.3 Å². The number of rotatable bonds is 11. The first-order chi connectivity index (χ1) is 16.9. The zero-order valence-electron chi connectivity index (χ0n) is 18.7. The predicted octanol–water partition coefficient (Wildman–Crippen LogP) is 3.97. The molecule has 0 bridgehead atoms. The Morgan fingerprint density at radius 3 is 2.63 bits per heavy atom. The summed E-state index contributed by atoms with van der Waals surface area (Å²) in [5, 5.41) is 24.7. The molecule has 1 atom stereocenters. The Kier molecular flexibility index (Phi) is 9.55. The minimum atomic E-state index is -0.828. The Labute approximate surface area is 216 Å². The predicted molar refractivity (Wildman–Crippen MR) is 136 cm³/mol. The summed E-state index contributed by atoms with van der Waals surface area (Å²) >= 11 is 13.2. The maximum Gasteiger partial charge on any atom is 0.251 e. The van der Waals surface area contributed by atoms with Gasteiger partial charge in [-0.2, -0.15) is 0 Å². The Bertz CT molecular complexity index is 1200. The van der Waals surface area contributed by atoms with E-state index >= 15 is 0 Å². The van der Waals surface area contributed by atoms with Gasteiger partial charge in [-0.05, 0) is 36.4 Å². The van der Waals surface area contributed by atoms with Crippen LogP contribution in [0.5, 0.6) is 5.75 Å². The first-order valence-electron chi connectivity index (χ1n) is 10.3. The molecule has 3 N–H and O–H groups in total. The van der Waals surface area contributed by atoms with Crippen LogP contribution in [0.25, 0.3) is 0 Å². The number of methoxy groups -OCH3 is 1. The zero-order valence-corrected chi connectivity index (χ0v) is 21.0. The molecule has 0 fully saturated rings. The fourth-order valence-electron chi connectivity index (χ4n) is 3.06. The first-order valence-corrected chi connectivity index (χ1v) is 12.1. The third kappa shape index (κ3) is 6.76. The van der Waals surface area contributed by atoms with Gasteiger partial charge in [0.25, 0.3) is 5.91 Å². The summed E-state index contributed by atoms with van der Waals surface area (Å²) in [6, 6.07) is 10.7. The van der Waals surface area contributed by atoms with E-state index in [0.29, 0.717) is 39.5 Å². The van der Waals surface area contributed by atoms with Gasteiger partial charge in [0.15, 0.2) is 11.0 Å². The summed E-state index contributed by atoms with van der Waals surface area (Å²) in [6.45, 7) is 3.64. The molecule has 0 saturated heterocycles. The molecule has 1 heterocycles. The van der Waals surface area contributed by atoms with E-state index in [-0.39, 0.29) is 16.7 Å². The lowest BCUT2D eigenvalue weighted by Crippen LogP contribution is -2.33. The molecule has 3 aromatic rings.